The minimum absolute atomic E-state index is 0.0196. The molecule has 0 saturated carbocycles. The number of carbonyl (C=O) groups excluding carboxylic acids is 2. The van der Waals surface area contributed by atoms with Crippen molar-refractivity contribution in [2.45, 2.75) is 38.9 Å². The molecule has 2 amide bonds. The molecule has 1 fully saturated rings. The second-order valence-corrected chi connectivity index (χ2v) is 7.36. The van der Waals surface area contributed by atoms with Gasteiger partial charge in [-0.3, -0.25) is 14.5 Å². The number of piperazine rings is 1. The highest BCUT2D eigenvalue weighted by Gasteiger charge is 2.33. The Kier molecular flexibility index (Phi) is 4.94. The SMILES string of the molecule is Cc1ccc(CN2CCNC(=O)[C@@H]2CC(=O)N2CCc3nc[nH]c3C2)cc1. The topological polar surface area (TPSA) is 81.3 Å². The smallest absolute Gasteiger partial charge is 0.237 e. The summed E-state index contributed by atoms with van der Waals surface area (Å²) in [4.78, 5) is 36.7. The quantitative estimate of drug-likeness (QED) is 0.845. The molecule has 1 saturated heterocycles. The molecule has 2 aromatic rings. The number of fused-ring (bicyclic) bond motifs is 1. The summed E-state index contributed by atoms with van der Waals surface area (Å²) in [5.41, 5.74) is 4.41. The lowest BCUT2D eigenvalue weighted by atomic mass is 10.0. The number of aryl methyl sites for hydroxylation is 1. The Bertz CT molecular complexity index is 829. The van der Waals surface area contributed by atoms with Gasteiger partial charge in [-0.15, -0.1) is 0 Å². The van der Waals surface area contributed by atoms with Crippen LogP contribution in [0.5, 0.6) is 0 Å². The van der Waals surface area contributed by atoms with Crippen molar-refractivity contribution in [1.29, 1.82) is 0 Å². The number of hydrogen-bond donors (Lipinski definition) is 2. The van der Waals surface area contributed by atoms with Gasteiger partial charge in [-0.25, -0.2) is 4.98 Å². The number of amides is 2. The Morgan fingerprint density at radius 1 is 1.26 bits per heavy atom. The molecule has 0 radical (unpaired) electrons. The fourth-order valence-corrected chi connectivity index (χ4v) is 3.82. The minimum atomic E-state index is -0.421. The molecule has 142 valence electrons. The second-order valence-electron chi connectivity index (χ2n) is 7.36. The number of rotatable bonds is 4. The highest BCUT2D eigenvalue weighted by Crippen LogP contribution is 2.19. The number of hydrogen-bond acceptors (Lipinski definition) is 4. The van der Waals surface area contributed by atoms with Gasteiger partial charge < -0.3 is 15.2 Å². The van der Waals surface area contributed by atoms with E-state index in [1.165, 1.54) is 5.56 Å². The molecule has 0 aliphatic carbocycles. The summed E-state index contributed by atoms with van der Waals surface area (Å²) < 4.78 is 0. The summed E-state index contributed by atoms with van der Waals surface area (Å²) in [6.45, 7) is 5.31. The van der Waals surface area contributed by atoms with Gasteiger partial charge in [0.15, 0.2) is 0 Å². The zero-order valence-corrected chi connectivity index (χ0v) is 15.6. The van der Waals surface area contributed by atoms with Crippen LogP contribution in [0.15, 0.2) is 30.6 Å². The normalized spacial score (nSPS) is 20.3. The predicted molar refractivity (Wildman–Crippen MR) is 101 cm³/mol. The van der Waals surface area contributed by atoms with Crippen molar-refractivity contribution in [2.24, 2.45) is 0 Å². The second kappa shape index (κ2) is 7.52. The highest BCUT2D eigenvalue weighted by molar-refractivity contribution is 5.89. The monoisotopic (exact) mass is 367 g/mol. The number of aromatic amines is 1. The summed E-state index contributed by atoms with van der Waals surface area (Å²) in [5.74, 6) is -0.0350. The van der Waals surface area contributed by atoms with Crippen LogP contribution in [-0.2, 0) is 29.1 Å². The summed E-state index contributed by atoms with van der Waals surface area (Å²) in [5, 5.41) is 2.91. The Morgan fingerprint density at radius 2 is 2.07 bits per heavy atom. The van der Waals surface area contributed by atoms with Crippen LogP contribution in [0.25, 0.3) is 0 Å². The van der Waals surface area contributed by atoms with E-state index in [2.05, 4.69) is 51.4 Å². The molecule has 2 aliphatic rings. The molecule has 1 aromatic heterocycles. The van der Waals surface area contributed by atoms with Crippen molar-refractivity contribution in [2.75, 3.05) is 19.6 Å². The summed E-state index contributed by atoms with van der Waals surface area (Å²) in [7, 11) is 0. The first-order valence-corrected chi connectivity index (χ1v) is 9.46. The summed E-state index contributed by atoms with van der Waals surface area (Å²) in [6, 6.07) is 7.91. The maximum atomic E-state index is 12.9. The van der Waals surface area contributed by atoms with Crippen molar-refractivity contribution in [3.63, 3.8) is 0 Å². The van der Waals surface area contributed by atoms with E-state index in [1.54, 1.807) is 6.33 Å². The van der Waals surface area contributed by atoms with Crippen LogP contribution in [0.4, 0.5) is 0 Å². The molecule has 7 nitrogen and oxygen atoms in total. The maximum absolute atomic E-state index is 12.9. The van der Waals surface area contributed by atoms with E-state index >= 15 is 0 Å². The van der Waals surface area contributed by atoms with Crippen LogP contribution in [0.1, 0.15) is 28.9 Å². The molecular formula is C20H25N5O2. The lowest BCUT2D eigenvalue weighted by Gasteiger charge is -2.36. The van der Waals surface area contributed by atoms with Crippen molar-refractivity contribution >= 4 is 11.8 Å². The number of H-pyrrole nitrogens is 1. The fourth-order valence-electron chi connectivity index (χ4n) is 3.82. The predicted octanol–water partition coefficient (Wildman–Crippen LogP) is 0.994. The first kappa shape index (κ1) is 17.7. The van der Waals surface area contributed by atoms with Crippen LogP contribution in [0.2, 0.25) is 0 Å². The average Bonchev–Trinajstić information content (AvgIpc) is 3.14. The zero-order valence-electron chi connectivity index (χ0n) is 15.6. The van der Waals surface area contributed by atoms with Crippen molar-refractivity contribution in [3.8, 4) is 0 Å². The number of nitrogens with one attached hydrogen (secondary N) is 2. The van der Waals surface area contributed by atoms with E-state index in [4.69, 9.17) is 0 Å². The number of benzene rings is 1. The lowest BCUT2D eigenvalue weighted by molar-refractivity contribution is -0.139. The van der Waals surface area contributed by atoms with Crippen LogP contribution in [-0.4, -0.2) is 57.3 Å². The van der Waals surface area contributed by atoms with Gasteiger partial charge in [-0.1, -0.05) is 29.8 Å². The Labute approximate surface area is 158 Å². The third kappa shape index (κ3) is 3.88. The first-order valence-electron chi connectivity index (χ1n) is 9.46. The number of carbonyl (C=O) groups is 2. The Balaban J connectivity index is 1.43. The van der Waals surface area contributed by atoms with Crippen molar-refractivity contribution < 1.29 is 9.59 Å². The Morgan fingerprint density at radius 3 is 2.89 bits per heavy atom. The molecule has 1 aromatic carbocycles. The lowest BCUT2D eigenvalue weighted by Crippen LogP contribution is -2.56. The van der Waals surface area contributed by atoms with Gasteiger partial charge in [0.2, 0.25) is 11.8 Å². The largest absolute Gasteiger partial charge is 0.353 e. The third-order valence-electron chi connectivity index (χ3n) is 5.44. The van der Waals surface area contributed by atoms with Gasteiger partial charge in [-0.2, -0.15) is 0 Å². The van der Waals surface area contributed by atoms with E-state index in [1.807, 2.05) is 4.90 Å². The standard InChI is InChI=1S/C20H25N5O2/c1-14-2-4-15(5-3-14)11-24-9-7-21-20(27)18(24)10-19(26)25-8-6-16-17(12-25)23-13-22-16/h2-5,13,18H,6-12H2,1H3,(H,21,27)(H,22,23)/t18-/m0/s1. The highest BCUT2D eigenvalue weighted by atomic mass is 16.2. The molecule has 0 spiro atoms. The van der Waals surface area contributed by atoms with Crippen LogP contribution in [0, 0.1) is 6.92 Å². The van der Waals surface area contributed by atoms with Gasteiger partial charge in [0.25, 0.3) is 0 Å². The molecule has 0 unspecified atom stereocenters. The fraction of sp³-hybridized carbons (Fsp3) is 0.450. The van der Waals surface area contributed by atoms with Gasteiger partial charge in [-0.05, 0) is 12.5 Å². The van der Waals surface area contributed by atoms with Crippen LogP contribution < -0.4 is 5.32 Å². The Hall–Kier alpha value is -2.67. The molecule has 4 rings (SSSR count). The molecule has 0 bridgehead atoms. The van der Waals surface area contributed by atoms with Crippen molar-refractivity contribution in [3.05, 3.63) is 53.1 Å². The van der Waals surface area contributed by atoms with E-state index in [9.17, 15) is 9.59 Å². The van der Waals surface area contributed by atoms with Gasteiger partial charge in [0, 0.05) is 32.6 Å². The summed E-state index contributed by atoms with van der Waals surface area (Å²) in [6.07, 6.45) is 2.65. The van der Waals surface area contributed by atoms with Gasteiger partial charge in [0.05, 0.1) is 36.7 Å². The molecule has 27 heavy (non-hydrogen) atoms. The van der Waals surface area contributed by atoms with E-state index < -0.39 is 6.04 Å². The van der Waals surface area contributed by atoms with Crippen LogP contribution in [0.3, 0.4) is 0 Å². The zero-order chi connectivity index (χ0) is 18.8. The van der Waals surface area contributed by atoms with E-state index in [0.717, 1.165) is 29.9 Å². The van der Waals surface area contributed by atoms with Gasteiger partial charge in [0.1, 0.15) is 0 Å². The first-order chi connectivity index (χ1) is 13.1. The minimum Gasteiger partial charge on any atom is -0.353 e. The molecular weight excluding hydrogens is 342 g/mol. The van der Waals surface area contributed by atoms with E-state index in [-0.39, 0.29) is 18.2 Å². The third-order valence-corrected chi connectivity index (χ3v) is 5.44. The van der Waals surface area contributed by atoms with Crippen molar-refractivity contribution in [1.82, 2.24) is 25.1 Å². The number of aromatic nitrogens is 2. The van der Waals surface area contributed by atoms with E-state index in [0.29, 0.717) is 26.2 Å². The average molecular weight is 367 g/mol. The van der Waals surface area contributed by atoms with Crippen LogP contribution >= 0.6 is 0 Å². The maximum Gasteiger partial charge on any atom is 0.237 e. The van der Waals surface area contributed by atoms with Gasteiger partial charge >= 0.3 is 0 Å². The molecule has 2 N–H and O–H groups in total. The molecule has 7 heteroatoms. The molecule has 3 heterocycles. The number of nitrogens with zero attached hydrogens (tertiary/aromatic N) is 3. The molecule has 2 aliphatic heterocycles. The summed E-state index contributed by atoms with van der Waals surface area (Å²) >= 11 is 0. The number of imidazole rings is 1. The molecule has 1 atom stereocenters.